The summed E-state index contributed by atoms with van der Waals surface area (Å²) in [5.41, 5.74) is 0. The monoisotopic (exact) mass is 336 g/mol. The van der Waals surface area contributed by atoms with E-state index in [1.807, 2.05) is 0 Å². The molecule has 15 heavy (non-hydrogen) atoms. The third kappa shape index (κ3) is 9.22. The van der Waals surface area contributed by atoms with Crippen molar-refractivity contribution in [3.8, 4) is 0 Å². The molecule has 2 nitrogen and oxygen atoms in total. The van der Waals surface area contributed by atoms with Gasteiger partial charge in [-0.3, -0.25) is 0 Å². The van der Waals surface area contributed by atoms with E-state index in [1.54, 1.807) is 0 Å². The van der Waals surface area contributed by atoms with Crippen molar-refractivity contribution in [3.05, 3.63) is 0 Å². The van der Waals surface area contributed by atoms with Gasteiger partial charge in [-0.2, -0.15) is 0 Å². The van der Waals surface area contributed by atoms with Crippen molar-refractivity contribution in [1.29, 1.82) is 0 Å². The first-order valence-electron chi connectivity index (χ1n) is 6.10. The predicted molar refractivity (Wildman–Crippen MR) is 59.5 cm³/mol. The van der Waals surface area contributed by atoms with Crippen LogP contribution in [0.1, 0.15) is 64.2 Å². The molecule has 0 aromatic heterocycles. The summed E-state index contributed by atoms with van der Waals surface area (Å²) in [4.78, 5) is 0. The van der Waals surface area contributed by atoms with Crippen LogP contribution in [0, 0.1) is 0 Å². The molecule has 84 valence electrons. The van der Waals surface area contributed by atoms with Crippen LogP contribution in [-0.2, 0) is 0 Å². The first-order chi connectivity index (χ1) is 6.79. The molecule has 0 atom stereocenters. The second-order valence-corrected chi connectivity index (χ2v) is 4.52. The van der Waals surface area contributed by atoms with Crippen LogP contribution in [0.15, 0.2) is 0 Å². The molecule has 0 aliphatic heterocycles. The quantitative estimate of drug-likeness (QED) is 0.620. The van der Waals surface area contributed by atoms with Gasteiger partial charge in [0.05, 0.1) is 0 Å². The Morgan fingerprint density at radius 3 is 0.933 bits per heavy atom. The van der Waals surface area contributed by atoms with Crippen molar-refractivity contribution in [2.45, 2.75) is 76.4 Å². The Morgan fingerprint density at radius 1 is 0.533 bits per heavy atom. The van der Waals surface area contributed by atoms with Gasteiger partial charge in [-0.15, -0.1) is 12.2 Å². The van der Waals surface area contributed by atoms with E-state index < -0.39 is 0 Å². The minimum Gasteiger partial charge on any atom is -0.852 e. The number of hydrogen-bond donors (Lipinski definition) is 0. The largest absolute Gasteiger partial charge is 2.00 e. The molecule has 0 aromatic carbocycles. The van der Waals surface area contributed by atoms with E-state index >= 15 is 0 Å². The molecule has 2 rings (SSSR count). The maximum absolute atomic E-state index is 10.5. The van der Waals surface area contributed by atoms with Crippen LogP contribution in [0.25, 0.3) is 0 Å². The van der Waals surface area contributed by atoms with Gasteiger partial charge in [0.2, 0.25) is 0 Å². The summed E-state index contributed by atoms with van der Waals surface area (Å²) < 4.78 is 0. The van der Waals surface area contributed by atoms with Gasteiger partial charge in [0, 0.05) is 0 Å². The fourth-order valence-electron chi connectivity index (χ4n) is 2.13. The van der Waals surface area contributed by atoms with Crippen molar-refractivity contribution < 1.29 is 10.2 Å². The molecule has 0 unspecified atom stereocenters. The molecule has 0 radical (unpaired) electrons. The molecule has 0 bridgehead atoms. The van der Waals surface area contributed by atoms with Crippen LogP contribution in [0.2, 0.25) is 0 Å². The second kappa shape index (κ2) is 10.6. The van der Waals surface area contributed by atoms with Gasteiger partial charge in [-0.05, 0) is 0 Å². The van der Waals surface area contributed by atoms with Crippen LogP contribution in [-0.4, -0.2) is 61.1 Å². The Labute approximate surface area is 134 Å². The van der Waals surface area contributed by atoms with Crippen molar-refractivity contribution in [2.24, 2.45) is 0 Å². The maximum Gasteiger partial charge on any atom is 2.00 e. The normalized spacial score (nSPS) is 23.6. The van der Waals surface area contributed by atoms with E-state index in [4.69, 9.17) is 0 Å². The van der Waals surface area contributed by atoms with Crippen LogP contribution in [0.5, 0.6) is 0 Å². The standard InChI is InChI=1S/2C6H11O.Ba/c2*7-6-4-2-1-3-5-6;/h2*6H,1-5H2;/q2*-1;+2. The molecule has 2 aliphatic rings. The van der Waals surface area contributed by atoms with Crippen LogP contribution in [0.3, 0.4) is 0 Å². The van der Waals surface area contributed by atoms with Crippen LogP contribution >= 0.6 is 0 Å². The molecule has 2 fully saturated rings. The minimum absolute atomic E-state index is 0. The fraction of sp³-hybridized carbons (Fsp3) is 1.00. The summed E-state index contributed by atoms with van der Waals surface area (Å²) >= 11 is 0. The fourth-order valence-corrected chi connectivity index (χ4v) is 2.13. The molecule has 0 amide bonds. The zero-order valence-electron chi connectivity index (χ0n) is 9.75. The molecule has 2 aliphatic carbocycles. The molecule has 2 saturated carbocycles. The van der Waals surface area contributed by atoms with E-state index in [0.29, 0.717) is 0 Å². The molecule has 0 spiro atoms. The van der Waals surface area contributed by atoms with Crippen LogP contribution < -0.4 is 10.2 Å². The molecular weight excluding hydrogens is 313 g/mol. The van der Waals surface area contributed by atoms with Crippen LogP contribution in [0.4, 0.5) is 0 Å². The molecular formula is C12H22BaO2. The SMILES string of the molecule is [Ba+2].[O-]C1CCCCC1.[O-]C1CCCCC1. The van der Waals surface area contributed by atoms with Gasteiger partial charge in [0.1, 0.15) is 0 Å². The van der Waals surface area contributed by atoms with Gasteiger partial charge >= 0.3 is 48.9 Å². The van der Waals surface area contributed by atoms with E-state index in [-0.39, 0.29) is 61.1 Å². The van der Waals surface area contributed by atoms with E-state index in [2.05, 4.69) is 0 Å². The van der Waals surface area contributed by atoms with Gasteiger partial charge in [0.15, 0.2) is 0 Å². The van der Waals surface area contributed by atoms with Crippen molar-refractivity contribution >= 4 is 48.9 Å². The van der Waals surface area contributed by atoms with Crippen molar-refractivity contribution in [2.75, 3.05) is 0 Å². The molecule has 0 aromatic rings. The van der Waals surface area contributed by atoms with E-state index in [0.717, 1.165) is 25.7 Å². The Morgan fingerprint density at radius 2 is 0.800 bits per heavy atom. The van der Waals surface area contributed by atoms with Crippen molar-refractivity contribution in [1.82, 2.24) is 0 Å². The number of rotatable bonds is 0. The molecule has 3 heteroatoms. The average Bonchev–Trinajstić information content (AvgIpc) is 2.21. The summed E-state index contributed by atoms with van der Waals surface area (Å²) in [7, 11) is 0. The zero-order valence-corrected chi connectivity index (χ0v) is 14.2. The summed E-state index contributed by atoms with van der Waals surface area (Å²) in [6.45, 7) is 0. The van der Waals surface area contributed by atoms with E-state index in [9.17, 15) is 10.2 Å². The summed E-state index contributed by atoms with van der Waals surface area (Å²) in [6.07, 6.45) is 10.6. The van der Waals surface area contributed by atoms with Gasteiger partial charge in [-0.25, -0.2) is 0 Å². The molecule has 0 saturated heterocycles. The smallest absolute Gasteiger partial charge is 0.852 e. The van der Waals surface area contributed by atoms with Gasteiger partial charge in [-0.1, -0.05) is 64.2 Å². The Hall–Kier alpha value is 1.49. The topological polar surface area (TPSA) is 46.1 Å². The van der Waals surface area contributed by atoms with Gasteiger partial charge in [0.25, 0.3) is 0 Å². The van der Waals surface area contributed by atoms with Gasteiger partial charge < -0.3 is 10.2 Å². The first-order valence-corrected chi connectivity index (χ1v) is 6.10. The first kappa shape index (κ1) is 16.5. The van der Waals surface area contributed by atoms with Crippen molar-refractivity contribution in [3.63, 3.8) is 0 Å². The Balaban J connectivity index is 0.000000245. The third-order valence-electron chi connectivity index (χ3n) is 3.10. The Kier molecular flexibility index (Phi) is 11.7. The summed E-state index contributed by atoms with van der Waals surface area (Å²) in [6, 6.07) is 0. The van der Waals surface area contributed by atoms with E-state index in [1.165, 1.54) is 38.5 Å². The minimum atomic E-state index is -0.214. The maximum atomic E-state index is 10.5. The summed E-state index contributed by atoms with van der Waals surface area (Å²) in [5.74, 6) is 0. The zero-order chi connectivity index (χ0) is 10.2. The molecule has 0 heterocycles. The Bertz CT molecular complexity index is 114. The average molecular weight is 336 g/mol. The molecule has 0 N–H and O–H groups in total. The predicted octanol–water partition coefficient (Wildman–Crippen LogP) is 0.978. The number of hydrogen-bond acceptors (Lipinski definition) is 2. The second-order valence-electron chi connectivity index (χ2n) is 4.52. The summed E-state index contributed by atoms with van der Waals surface area (Å²) in [5, 5.41) is 21.1. The third-order valence-corrected chi connectivity index (χ3v) is 3.10.